The third kappa shape index (κ3) is 4.55. The summed E-state index contributed by atoms with van der Waals surface area (Å²) < 4.78 is 10.1. The van der Waals surface area contributed by atoms with Gasteiger partial charge in [0, 0.05) is 17.6 Å². The van der Waals surface area contributed by atoms with E-state index in [1.165, 1.54) is 13.5 Å². The Labute approximate surface area is 154 Å². The maximum absolute atomic E-state index is 12.6. The highest BCUT2D eigenvalue weighted by molar-refractivity contribution is 5.92. The van der Waals surface area contributed by atoms with Crippen LogP contribution < -0.4 is 15.8 Å². The SMILES string of the molecule is COC(=O)CCOc1ccc(NC(=O)C2CC3CCCC(C2)C3N)cc1. The fourth-order valence-electron chi connectivity index (χ4n) is 4.24. The Morgan fingerprint density at radius 1 is 1.15 bits per heavy atom. The van der Waals surface area contributed by atoms with Crippen LogP contribution in [0.4, 0.5) is 5.69 Å². The van der Waals surface area contributed by atoms with Crippen molar-refractivity contribution in [3.8, 4) is 5.75 Å². The van der Waals surface area contributed by atoms with Crippen LogP contribution in [0.1, 0.15) is 38.5 Å². The zero-order chi connectivity index (χ0) is 18.5. The molecule has 142 valence electrons. The number of rotatable bonds is 6. The molecular weight excluding hydrogens is 332 g/mol. The van der Waals surface area contributed by atoms with Gasteiger partial charge in [-0.3, -0.25) is 9.59 Å². The van der Waals surface area contributed by atoms with Gasteiger partial charge < -0.3 is 20.5 Å². The van der Waals surface area contributed by atoms with Crippen molar-refractivity contribution in [2.75, 3.05) is 19.0 Å². The lowest BCUT2D eigenvalue weighted by atomic mass is 9.65. The molecule has 0 aromatic heterocycles. The summed E-state index contributed by atoms with van der Waals surface area (Å²) in [5.74, 6) is 1.48. The number of nitrogens with two attached hydrogens (primary N) is 1. The van der Waals surface area contributed by atoms with E-state index < -0.39 is 0 Å². The molecule has 6 nitrogen and oxygen atoms in total. The average molecular weight is 360 g/mol. The van der Waals surface area contributed by atoms with E-state index >= 15 is 0 Å². The molecule has 2 aliphatic rings. The van der Waals surface area contributed by atoms with Crippen molar-refractivity contribution in [1.82, 2.24) is 0 Å². The predicted octanol–water partition coefficient (Wildman–Crippen LogP) is 2.72. The number of carbonyl (C=O) groups is 2. The van der Waals surface area contributed by atoms with Gasteiger partial charge in [0.05, 0.1) is 20.1 Å². The second kappa shape index (κ2) is 8.54. The minimum absolute atomic E-state index is 0.0566. The number of amides is 1. The number of nitrogens with one attached hydrogen (secondary N) is 1. The fraction of sp³-hybridized carbons (Fsp3) is 0.600. The number of anilines is 1. The van der Waals surface area contributed by atoms with Gasteiger partial charge in [0.25, 0.3) is 0 Å². The van der Waals surface area contributed by atoms with Gasteiger partial charge >= 0.3 is 5.97 Å². The standard InChI is InChI=1S/C20H28N2O4/c1-25-18(23)9-10-26-17-7-5-16(6-8-17)22-20(24)15-11-13-3-2-4-14(12-15)19(13)21/h5-8,13-15,19H,2-4,9-12,21H2,1H3,(H,22,24). The molecule has 3 rings (SSSR count). The minimum Gasteiger partial charge on any atom is -0.493 e. The number of esters is 1. The van der Waals surface area contributed by atoms with Crippen molar-refractivity contribution in [3.05, 3.63) is 24.3 Å². The van der Waals surface area contributed by atoms with Gasteiger partial charge in [-0.05, 0) is 61.8 Å². The van der Waals surface area contributed by atoms with Crippen molar-refractivity contribution in [2.45, 2.75) is 44.6 Å². The van der Waals surface area contributed by atoms with Gasteiger partial charge in [-0.1, -0.05) is 6.42 Å². The summed E-state index contributed by atoms with van der Waals surface area (Å²) in [7, 11) is 1.35. The van der Waals surface area contributed by atoms with Gasteiger partial charge in [-0.15, -0.1) is 0 Å². The summed E-state index contributed by atoms with van der Waals surface area (Å²) in [5.41, 5.74) is 7.07. The summed E-state index contributed by atoms with van der Waals surface area (Å²) in [4.78, 5) is 23.7. The molecule has 0 spiro atoms. The fourth-order valence-corrected chi connectivity index (χ4v) is 4.24. The zero-order valence-corrected chi connectivity index (χ0v) is 15.3. The van der Waals surface area contributed by atoms with Crippen molar-refractivity contribution in [3.63, 3.8) is 0 Å². The molecule has 3 N–H and O–H groups in total. The molecule has 2 unspecified atom stereocenters. The molecule has 0 aliphatic heterocycles. The summed E-state index contributed by atoms with van der Waals surface area (Å²) in [5, 5.41) is 3.02. The smallest absolute Gasteiger partial charge is 0.308 e. The van der Waals surface area contributed by atoms with E-state index in [9.17, 15) is 9.59 Å². The molecule has 0 radical (unpaired) electrons. The number of methoxy groups -OCH3 is 1. The van der Waals surface area contributed by atoms with E-state index in [4.69, 9.17) is 10.5 Å². The van der Waals surface area contributed by atoms with Gasteiger partial charge in [0.15, 0.2) is 0 Å². The van der Waals surface area contributed by atoms with Crippen LogP contribution in [-0.2, 0) is 14.3 Å². The Morgan fingerprint density at radius 2 is 1.81 bits per heavy atom. The monoisotopic (exact) mass is 360 g/mol. The lowest BCUT2D eigenvalue weighted by Crippen LogP contribution is -2.48. The first-order valence-electron chi connectivity index (χ1n) is 9.43. The summed E-state index contributed by atoms with van der Waals surface area (Å²) in [6, 6.07) is 7.49. The number of hydrogen-bond acceptors (Lipinski definition) is 5. The maximum atomic E-state index is 12.6. The van der Waals surface area contributed by atoms with Crippen molar-refractivity contribution < 1.29 is 19.1 Å². The van der Waals surface area contributed by atoms with Crippen LogP contribution >= 0.6 is 0 Å². The number of hydrogen-bond donors (Lipinski definition) is 2. The second-order valence-corrected chi connectivity index (χ2v) is 7.38. The first-order chi connectivity index (χ1) is 12.6. The Kier molecular flexibility index (Phi) is 6.14. The molecule has 2 bridgehead atoms. The van der Waals surface area contributed by atoms with Crippen LogP contribution in [0.25, 0.3) is 0 Å². The Hall–Kier alpha value is -2.08. The van der Waals surface area contributed by atoms with Gasteiger partial charge in [0.2, 0.25) is 5.91 Å². The molecular formula is C20H28N2O4. The molecule has 1 aromatic carbocycles. The third-order valence-corrected chi connectivity index (χ3v) is 5.71. The van der Waals surface area contributed by atoms with Crippen LogP contribution in [0.15, 0.2) is 24.3 Å². The van der Waals surface area contributed by atoms with E-state index in [0.717, 1.165) is 31.4 Å². The molecule has 6 heteroatoms. The summed E-state index contributed by atoms with van der Waals surface area (Å²) >= 11 is 0. The quantitative estimate of drug-likeness (QED) is 0.761. The number of fused-ring (bicyclic) bond motifs is 2. The summed E-state index contributed by atoms with van der Waals surface area (Å²) in [6.07, 6.45) is 5.56. The molecule has 0 heterocycles. The molecule has 1 aromatic rings. The second-order valence-electron chi connectivity index (χ2n) is 7.38. The topological polar surface area (TPSA) is 90.6 Å². The molecule has 2 saturated carbocycles. The van der Waals surface area contributed by atoms with Crippen LogP contribution in [-0.4, -0.2) is 31.6 Å². The van der Waals surface area contributed by atoms with Crippen LogP contribution in [0.3, 0.4) is 0 Å². The maximum Gasteiger partial charge on any atom is 0.308 e. The summed E-state index contributed by atoms with van der Waals surface area (Å²) in [6.45, 7) is 0.267. The Balaban J connectivity index is 1.49. The lowest BCUT2D eigenvalue weighted by Gasteiger charge is -2.43. The lowest BCUT2D eigenvalue weighted by molar-refractivity contribution is -0.141. The van der Waals surface area contributed by atoms with E-state index in [-0.39, 0.29) is 36.9 Å². The van der Waals surface area contributed by atoms with Gasteiger partial charge in [-0.25, -0.2) is 0 Å². The zero-order valence-electron chi connectivity index (χ0n) is 15.3. The highest BCUT2D eigenvalue weighted by Gasteiger charge is 2.40. The molecule has 2 atom stereocenters. The first-order valence-corrected chi connectivity index (χ1v) is 9.43. The molecule has 26 heavy (non-hydrogen) atoms. The van der Waals surface area contributed by atoms with Crippen molar-refractivity contribution in [2.24, 2.45) is 23.5 Å². The van der Waals surface area contributed by atoms with Crippen LogP contribution in [0, 0.1) is 17.8 Å². The Morgan fingerprint density at radius 3 is 2.42 bits per heavy atom. The van der Waals surface area contributed by atoms with Crippen LogP contribution in [0.5, 0.6) is 5.75 Å². The van der Waals surface area contributed by atoms with E-state index in [1.807, 2.05) is 12.1 Å². The van der Waals surface area contributed by atoms with Crippen molar-refractivity contribution >= 4 is 17.6 Å². The van der Waals surface area contributed by atoms with Crippen molar-refractivity contribution in [1.29, 1.82) is 0 Å². The number of benzene rings is 1. The largest absolute Gasteiger partial charge is 0.493 e. The first kappa shape index (κ1) is 18.7. The van der Waals surface area contributed by atoms with Gasteiger partial charge in [0.1, 0.15) is 5.75 Å². The minimum atomic E-state index is -0.300. The van der Waals surface area contributed by atoms with E-state index in [2.05, 4.69) is 10.1 Å². The molecule has 2 fully saturated rings. The average Bonchev–Trinajstić information content (AvgIpc) is 2.62. The van der Waals surface area contributed by atoms with E-state index in [0.29, 0.717) is 17.6 Å². The number of carbonyl (C=O) groups excluding carboxylic acids is 2. The highest BCUT2D eigenvalue weighted by Crippen LogP contribution is 2.42. The van der Waals surface area contributed by atoms with Gasteiger partial charge in [-0.2, -0.15) is 0 Å². The number of ether oxygens (including phenoxy) is 2. The molecule has 0 saturated heterocycles. The normalized spacial score (nSPS) is 27.5. The predicted molar refractivity (Wildman–Crippen MR) is 98.7 cm³/mol. The molecule has 1 amide bonds. The van der Waals surface area contributed by atoms with Crippen LogP contribution in [0.2, 0.25) is 0 Å². The highest BCUT2D eigenvalue weighted by atomic mass is 16.5. The Bertz CT molecular complexity index is 617. The van der Waals surface area contributed by atoms with E-state index in [1.54, 1.807) is 12.1 Å². The molecule has 2 aliphatic carbocycles. The third-order valence-electron chi connectivity index (χ3n) is 5.71.